The highest BCUT2D eigenvalue weighted by atomic mass is 35.5. The Morgan fingerprint density at radius 2 is 2.00 bits per heavy atom. The molecule has 0 fully saturated rings. The summed E-state index contributed by atoms with van der Waals surface area (Å²) in [6, 6.07) is 14.8. The number of aromatic nitrogens is 1. The van der Waals surface area contributed by atoms with E-state index >= 15 is 0 Å². The second kappa shape index (κ2) is 8.51. The lowest BCUT2D eigenvalue weighted by atomic mass is 10.0. The zero-order valence-corrected chi connectivity index (χ0v) is 16.8. The van der Waals surface area contributed by atoms with Crippen LogP contribution in [0.3, 0.4) is 0 Å². The molecule has 2 aromatic heterocycles. The minimum atomic E-state index is -0.472. The van der Waals surface area contributed by atoms with E-state index in [0.717, 1.165) is 0 Å². The largest absolute Gasteiger partial charge is 0.494 e. The van der Waals surface area contributed by atoms with Gasteiger partial charge in [0.05, 0.1) is 28.3 Å². The van der Waals surface area contributed by atoms with E-state index in [-0.39, 0.29) is 27.3 Å². The quantitative estimate of drug-likeness (QED) is 0.384. The molecule has 2 aromatic carbocycles. The van der Waals surface area contributed by atoms with Gasteiger partial charge in [-0.05, 0) is 55.5 Å². The van der Waals surface area contributed by atoms with Gasteiger partial charge in [-0.25, -0.2) is 4.39 Å². The summed E-state index contributed by atoms with van der Waals surface area (Å²) in [5.74, 6) is 0.366. The van der Waals surface area contributed by atoms with E-state index in [1.807, 2.05) is 6.92 Å². The van der Waals surface area contributed by atoms with Crippen molar-refractivity contribution in [2.45, 2.75) is 6.92 Å². The van der Waals surface area contributed by atoms with E-state index in [1.165, 1.54) is 24.3 Å². The highest BCUT2D eigenvalue weighted by Crippen LogP contribution is 2.28. The van der Waals surface area contributed by atoms with Gasteiger partial charge in [-0.3, -0.25) is 9.78 Å². The van der Waals surface area contributed by atoms with Crippen LogP contribution >= 0.6 is 11.6 Å². The molecule has 0 amide bonds. The van der Waals surface area contributed by atoms with Crippen LogP contribution in [0.2, 0.25) is 5.02 Å². The monoisotopic (exact) mass is 421 g/mol. The predicted molar refractivity (Wildman–Crippen MR) is 117 cm³/mol. The van der Waals surface area contributed by atoms with Crippen molar-refractivity contribution in [3.05, 3.63) is 93.2 Å². The van der Waals surface area contributed by atoms with Gasteiger partial charge in [0.25, 0.3) is 0 Å². The van der Waals surface area contributed by atoms with Crippen LogP contribution in [0.15, 0.2) is 70.0 Å². The number of ether oxygens (including phenoxy) is 1. The number of benzene rings is 2. The summed E-state index contributed by atoms with van der Waals surface area (Å²) >= 11 is 6.12. The fraction of sp³-hybridized carbons (Fsp3) is 0.0833. The molecule has 4 nitrogen and oxygen atoms in total. The number of pyridine rings is 1. The third-order valence-corrected chi connectivity index (χ3v) is 4.85. The zero-order valence-electron chi connectivity index (χ0n) is 16.1. The van der Waals surface area contributed by atoms with Gasteiger partial charge in [0.1, 0.15) is 22.9 Å². The molecule has 0 aliphatic heterocycles. The Kier molecular flexibility index (Phi) is 5.63. The van der Waals surface area contributed by atoms with E-state index in [9.17, 15) is 9.18 Å². The molecule has 4 rings (SSSR count). The summed E-state index contributed by atoms with van der Waals surface area (Å²) < 4.78 is 25.7. The molecule has 30 heavy (non-hydrogen) atoms. The SMILES string of the molecule is CCOc1ccc2c(=O)c(-c3ccccn3)c(/C=C/c3c(F)cccc3Cl)oc2c1. The summed E-state index contributed by atoms with van der Waals surface area (Å²) in [5.41, 5.74) is 1.08. The number of halogens is 2. The third kappa shape index (κ3) is 3.84. The first-order chi connectivity index (χ1) is 14.6. The molecule has 6 heteroatoms. The van der Waals surface area contributed by atoms with Crippen molar-refractivity contribution in [3.8, 4) is 17.0 Å². The van der Waals surface area contributed by atoms with Gasteiger partial charge in [0.2, 0.25) is 5.43 Å². The molecule has 0 N–H and O–H groups in total. The fourth-order valence-electron chi connectivity index (χ4n) is 3.15. The van der Waals surface area contributed by atoms with Crippen molar-refractivity contribution >= 4 is 34.7 Å². The van der Waals surface area contributed by atoms with Crippen LogP contribution < -0.4 is 10.2 Å². The van der Waals surface area contributed by atoms with Crippen LogP contribution in [-0.2, 0) is 0 Å². The van der Waals surface area contributed by atoms with Crippen LogP contribution in [0.4, 0.5) is 4.39 Å². The molecule has 0 saturated heterocycles. The number of hydrogen-bond acceptors (Lipinski definition) is 4. The van der Waals surface area contributed by atoms with E-state index < -0.39 is 5.82 Å². The Labute approximate surface area is 177 Å². The van der Waals surface area contributed by atoms with Crippen LogP contribution in [0, 0.1) is 5.82 Å². The highest BCUT2D eigenvalue weighted by Gasteiger charge is 2.16. The summed E-state index contributed by atoms with van der Waals surface area (Å²) in [7, 11) is 0. The van der Waals surface area contributed by atoms with Crippen molar-refractivity contribution < 1.29 is 13.5 Å². The highest BCUT2D eigenvalue weighted by molar-refractivity contribution is 6.32. The molecular formula is C24H17ClFNO3. The maximum atomic E-state index is 14.2. The number of fused-ring (bicyclic) bond motifs is 1. The summed E-state index contributed by atoms with van der Waals surface area (Å²) in [5, 5.41) is 0.660. The Morgan fingerprint density at radius 1 is 1.13 bits per heavy atom. The lowest BCUT2D eigenvalue weighted by Gasteiger charge is -2.09. The zero-order chi connectivity index (χ0) is 21.1. The van der Waals surface area contributed by atoms with Gasteiger partial charge in [0.15, 0.2) is 0 Å². The number of hydrogen-bond donors (Lipinski definition) is 0. The molecule has 4 aromatic rings. The summed E-state index contributed by atoms with van der Waals surface area (Å²) in [6.45, 7) is 2.36. The average molecular weight is 422 g/mol. The maximum Gasteiger partial charge on any atom is 0.202 e. The van der Waals surface area contributed by atoms with Crippen LogP contribution in [-0.4, -0.2) is 11.6 Å². The Hall–Kier alpha value is -3.44. The van der Waals surface area contributed by atoms with Gasteiger partial charge in [0, 0.05) is 17.8 Å². The van der Waals surface area contributed by atoms with Crippen molar-refractivity contribution in [2.24, 2.45) is 0 Å². The first-order valence-corrected chi connectivity index (χ1v) is 9.73. The predicted octanol–water partition coefficient (Wildman–Crippen LogP) is 6.22. The van der Waals surface area contributed by atoms with Gasteiger partial charge >= 0.3 is 0 Å². The summed E-state index contributed by atoms with van der Waals surface area (Å²) in [4.78, 5) is 17.6. The van der Waals surface area contributed by atoms with Gasteiger partial charge in [-0.2, -0.15) is 0 Å². The number of nitrogens with zero attached hydrogens (tertiary/aromatic N) is 1. The molecule has 0 spiro atoms. The molecule has 0 aliphatic carbocycles. The molecule has 150 valence electrons. The molecule has 0 aliphatic rings. The van der Waals surface area contributed by atoms with Gasteiger partial charge in [-0.15, -0.1) is 0 Å². The standard InChI is InChI=1S/C24H17ClFNO3/c1-2-29-15-9-10-17-22(14-15)30-21(12-11-16-18(25)6-5-7-19(16)26)23(24(17)28)20-8-3-4-13-27-20/h3-14H,2H2,1H3/b12-11+. The Bertz CT molecular complexity index is 1280. The summed E-state index contributed by atoms with van der Waals surface area (Å²) in [6.07, 6.45) is 4.61. The third-order valence-electron chi connectivity index (χ3n) is 4.52. The van der Waals surface area contributed by atoms with Gasteiger partial charge in [-0.1, -0.05) is 23.7 Å². The second-order valence-electron chi connectivity index (χ2n) is 6.45. The average Bonchev–Trinajstić information content (AvgIpc) is 2.74. The molecule has 0 atom stereocenters. The topological polar surface area (TPSA) is 52.3 Å². The Morgan fingerprint density at radius 3 is 2.73 bits per heavy atom. The van der Waals surface area contributed by atoms with E-state index in [4.69, 9.17) is 20.8 Å². The van der Waals surface area contributed by atoms with Crippen molar-refractivity contribution in [1.29, 1.82) is 0 Å². The molecule has 0 saturated carbocycles. The lowest BCUT2D eigenvalue weighted by molar-refractivity contribution is 0.340. The first kappa shape index (κ1) is 19.9. The molecular weight excluding hydrogens is 405 g/mol. The maximum absolute atomic E-state index is 14.2. The van der Waals surface area contributed by atoms with E-state index in [2.05, 4.69) is 4.98 Å². The Balaban J connectivity index is 1.95. The first-order valence-electron chi connectivity index (χ1n) is 9.35. The second-order valence-corrected chi connectivity index (χ2v) is 6.85. The van der Waals surface area contributed by atoms with Crippen molar-refractivity contribution in [1.82, 2.24) is 4.98 Å². The molecule has 0 unspecified atom stereocenters. The minimum absolute atomic E-state index is 0.206. The van der Waals surface area contributed by atoms with Crippen molar-refractivity contribution in [3.63, 3.8) is 0 Å². The number of rotatable bonds is 5. The minimum Gasteiger partial charge on any atom is -0.494 e. The van der Waals surface area contributed by atoms with E-state index in [0.29, 0.717) is 29.0 Å². The van der Waals surface area contributed by atoms with E-state index in [1.54, 1.807) is 48.7 Å². The van der Waals surface area contributed by atoms with Crippen molar-refractivity contribution in [2.75, 3.05) is 6.61 Å². The molecule has 0 radical (unpaired) electrons. The van der Waals surface area contributed by atoms with Crippen LogP contribution in [0.25, 0.3) is 34.4 Å². The normalized spacial score (nSPS) is 11.3. The van der Waals surface area contributed by atoms with Crippen LogP contribution in [0.1, 0.15) is 18.2 Å². The van der Waals surface area contributed by atoms with Gasteiger partial charge < -0.3 is 9.15 Å². The molecule has 2 heterocycles. The lowest BCUT2D eigenvalue weighted by Crippen LogP contribution is -2.08. The molecule has 0 bridgehead atoms. The smallest absolute Gasteiger partial charge is 0.202 e. The van der Waals surface area contributed by atoms with Crippen LogP contribution in [0.5, 0.6) is 5.75 Å². The fourth-order valence-corrected chi connectivity index (χ4v) is 3.37.